The Bertz CT molecular complexity index is 351. The van der Waals surface area contributed by atoms with Gasteiger partial charge in [-0.1, -0.05) is 13.8 Å². The average Bonchev–Trinajstić information content (AvgIpc) is 2.87. The molecular formula is C15H28N2O4. The van der Waals surface area contributed by atoms with Crippen LogP contribution in [0.25, 0.3) is 0 Å². The Morgan fingerprint density at radius 2 is 2.19 bits per heavy atom. The molecule has 2 saturated heterocycles. The fraction of sp³-hybridized carbons (Fsp3) is 0.933. The minimum absolute atomic E-state index is 0.0495. The van der Waals surface area contributed by atoms with Gasteiger partial charge in [0.2, 0.25) is 0 Å². The van der Waals surface area contributed by atoms with E-state index < -0.39 is 11.9 Å². The maximum atomic E-state index is 11.2. The van der Waals surface area contributed by atoms with E-state index in [0.717, 1.165) is 32.8 Å². The van der Waals surface area contributed by atoms with Crippen molar-refractivity contribution < 1.29 is 19.4 Å². The number of ether oxygens (including phenoxy) is 2. The number of hydrogen-bond acceptors (Lipinski definition) is 5. The van der Waals surface area contributed by atoms with Crippen LogP contribution in [-0.2, 0) is 14.3 Å². The molecular weight excluding hydrogens is 272 g/mol. The van der Waals surface area contributed by atoms with E-state index in [0.29, 0.717) is 19.1 Å². The minimum atomic E-state index is -0.768. The highest BCUT2D eigenvalue weighted by Gasteiger charge is 2.37. The van der Waals surface area contributed by atoms with Crippen molar-refractivity contribution in [2.75, 3.05) is 53.0 Å². The Hall–Kier alpha value is -0.690. The number of nitrogens with zero attached hydrogens (tertiary/aromatic N) is 2. The molecule has 0 amide bonds. The number of carboxylic acids is 1. The summed E-state index contributed by atoms with van der Waals surface area (Å²) in [6.07, 6.45) is 0.151. The first-order valence-corrected chi connectivity index (χ1v) is 7.82. The molecule has 2 aliphatic heterocycles. The van der Waals surface area contributed by atoms with E-state index in [1.165, 1.54) is 0 Å². The Morgan fingerprint density at radius 1 is 1.43 bits per heavy atom. The quantitative estimate of drug-likeness (QED) is 0.765. The summed E-state index contributed by atoms with van der Waals surface area (Å²) in [7, 11) is 1.97. The van der Waals surface area contributed by atoms with Crippen LogP contribution >= 0.6 is 0 Å². The number of rotatable bonds is 6. The molecule has 6 heteroatoms. The molecule has 3 atom stereocenters. The largest absolute Gasteiger partial charge is 0.481 e. The summed E-state index contributed by atoms with van der Waals surface area (Å²) in [6, 6.07) is -0.0495. The van der Waals surface area contributed by atoms with Crippen LogP contribution in [0.4, 0.5) is 0 Å². The van der Waals surface area contributed by atoms with Gasteiger partial charge in [-0.2, -0.15) is 0 Å². The van der Waals surface area contributed by atoms with Crippen LogP contribution in [-0.4, -0.2) is 86.1 Å². The molecule has 2 fully saturated rings. The highest BCUT2D eigenvalue weighted by atomic mass is 16.5. The molecule has 0 aromatic heterocycles. The monoisotopic (exact) mass is 300 g/mol. The summed E-state index contributed by atoms with van der Waals surface area (Å²) in [5.74, 6) is -0.540. The molecule has 0 aromatic carbocycles. The lowest BCUT2D eigenvalue weighted by Crippen LogP contribution is -2.51. The van der Waals surface area contributed by atoms with Crippen LogP contribution in [0.5, 0.6) is 0 Å². The molecule has 0 bridgehead atoms. The standard InChI is InChI=1S/C15H28N2O4/c1-11(2)6-17-4-5-21-12(8-17)7-16(3)14-10-20-9-13(14)15(18)19/h11-14H,4-10H2,1-3H3,(H,18,19). The molecule has 0 saturated carbocycles. The van der Waals surface area contributed by atoms with E-state index in [2.05, 4.69) is 23.6 Å². The lowest BCUT2D eigenvalue weighted by Gasteiger charge is -2.37. The van der Waals surface area contributed by atoms with Crippen molar-refractivity contribution in [1.29, 1.82) is 0 Å². The highest BCUT2D eigenvalue weighted by molar-refractivity contribution is 5.71. The summed E-state index contributed by atoms with van der Waals surface area (Å²) < 4.78 is 11.2. The second-order valence-corrected chi connectivity index (χ2v) is 6.64. The third kappa shape index (κ3) is 4.64. The van der Waals surface area contributed by atoms with E-state index in [9.17, 15) is 9.90 Å². The van der Waals surface area contributed by atoms with Crippen molar-refractivity contribution in [3.63, 3.8) is 0 Å². The van der Waals surface area contributed by atoms with Gasteiger partial charge in [-0.25, -0.2) is 0 Å². The topological polar surface area (TPSA) is 62.2 Å². The predicted molar refractivity (Wildman–Crippen MR) is 79.4 cm³/mol. The number of morpholine rings is 1. The summed E-state index contributed by atoms with van der Waals surface area (Å²) >= 11 is 0. The fourth-order valence-electron chi connectivity index (χ4n) is 3.24. The molecule has 0 spiro atoms. The molecule has 21 heavy (non-hydrogen) atoms. The highest BCUT2D eigenvalue weighted by Crippen LogP contribution is 2.20. The van der Waals surface area contributed by atoms with Crippen LogP contribution in [0.15, 0.2) is 0 Å². The van der Waals surface area contributed by atoms with E-state index in [1.807, 2.05) is 7.05 Å². The van der Waals surface area contributed by atoms with Crippen molar-refractivity contribution in [2.45, 2.75) is 26.0 Å². The van der Waals surface area contributed by atoms with Crippen molar-refractivity contribution >= 4 is 5.97 Å². The normalized spacial score (nSPS) is 31.2. The molecule has 2 rings (SSSR count). The van der Waals surface area contributed by atoms with Crippen molar-refractivity contribution in [1.82, 2.24) is 9.80 Å². The molecule has 0 aliphatic carbocycles. The van der Waals surface area contributed by atoms with E-state index in [-0.39, 0.29) is 12.1 Å². The second-order valence-electron chi connectivity index (χ2n) is 6.64. The second kappa shape index (κ2) is 7.54. The molecule has 1 N–H and O–H groups in total. The lowest BCUT2D eigenvalue weighted by molar-refractivity contribution is -0.143. The van der Waals surface area contributed by atoms with Gasteiger partial charge in [0, 0.05) is 32.2 Å². The van der Waals surface area contributed by atoms with Crippen molar-refractivity contribution in [3.05, 3.63) is 0 Å². The van der Waals surface area contributed by atoms with E-state index >= 15 is 0 Å². The van der Waals surface area contributed by atoms with Crippen LogP contribution < -0.4 is 0 Å². The number of carbonyl (C=O) groups is 1. The van der Waals surface area contributed by atoms with Gasteiger partial charge in [-0.15, -0.1) is 0 Å². The van der Waals surface area contributed by atoms with Gasteiger partial charge in [0.1, 0.15) is 0 Å². The Labute approximate surface area is 127 Å². The maximum absolute atomic E-state index is 11.2. The van der Waals surface area contributed by atoms with Gasteiger partial charge < -0.3 is 14.6 Å². The predicted octanol–water partition coefficient (Wildman–Crippen LogP) is 0.375. The Balaban J connectivity index is 1.84. The van der Waals surface area contributed by atoms with Crippen LogP contribution in [0.3, 0.4) is 0 Å². The van der Waals surface area contributed by atoms with Crippen molar-refractivity contribution in [3.8, 4) is 0 Å². The first-order chi connectivity index (χ1) is 9.97. The summed E-state index contributed by atoms with van der Waals surface area (Å²) in [6.45, 7) is 9.78. The smallest absolute Gasteiger partial charge is 0.310 e. The van der Waals surface area contributed by atoms with Crippen LogP contribution in [0, 0.1) is 11.8 Å². The zero-order chi connectivity index (χ0) is 15.4. The Morgan fingerprint density at radius 3 is 2.86 bits per heavy atom. The van der Waals surface area contributed by atoms with Gasteiger partial charge in [0.25, 0.3) is 0 Å². The third-order valence-corrected chi connectivity index (χ3v) is 4.27. The lowest BCUT2D eigenvalue weighted by atomic mass is 10.0. The first kappa shape index (κ1) is 16.7. The summed E-state index contributed by atoms with van der Waals surface area (Å²) in [5.41, 5.74) is 0. The molecule has 6 nitrogen and oxygen atoms in total. The molecule has 122 valence electrons. The molecule has 3 unspecified atom stereocenters. The third-order valence-electron chi connectivity index (χ3n) is 4.27. The number of carboxylic acid groups (broad SMARTS) is 1. The van der Waals surface area contributed by atoms with E-state index in [1.54, 1.807) is 0 Å². The zero-order valence-electron chi connectivity index (χ0n) is 13.3. The van der Waals surface area contributed by atoms with Gasteiger partial charge in [0.15, 0.2) is 0 Å². The molecule has 0 radical (unpaired) electrons. The molecule has 2 heterocycles. The molecule has 2 aliphatic rings. The first-order valence-electron chi connectivity index (χ1n) is 7.82. The number of likely N-dealkylation sites (N-methyl/N-ethyl adjacent to an activating group) is 1. The van der Waals surface area contributed by atoms with Crippen LogP contribution in [0.2, 0.25) is 0 Å². The van der Waals surface area contributed by atoms with Gasteiger partial charge in [-0.05, 0) is 13.0 Å². The zero-order valence-corrected chi connectivity index (χ0v) is 13.3. The van der Waals surface area contributed by atoms with Crippen molar-refractivity contribution in [2.24, 2.45) is 11.8 Å². The number of hydrogen-bond donors (Lipinski definition) is 1. The van der Waals surface area contributed by atoms with Gasteiger partial charge in [-0.3, -0.25) is 14.6 Å². The van der Waals surface area contributed by atoms with Crippen LogP contribution in [0.1, 0.15) is 13.8 Å². The summed E-state index contributed by atoms with van der Waals surface area (Å²) in [5, 5.41) is 9.23. The molecule has 0 aromatic rings. The fourth-order valence-corrected chi connectivity index (χ4v) is 3.24. The SMILES string of the molecule is CC(C)CN1CCOC(CN(C)C2COCC2C(=O)O)C1. The summed E-state index contributed by atoms with van der Waals surface area (Å²) in [4.78, 5) is 15.8. The number of aliphatic carboxylic acids is 1. The minimum Gasteiger partial charge on any atom is -0.481 e. The Kier molecular flexibility index (Phi) is 5.98. The maximum Gasteiger partial charge on any atom is 0.310 e. The van der Waals surface area contributed by atoms with Gasteiger partial charge >= 0.3 is 5.97 Å². The average molecular weight is 300 g/mol. The van der Waals surface area contributed by atoms with Gasteiger partial charge in [0.05, 0.1) is 31.8 Å². The van der Waals surface area contributed by atoms with E-state index in [4.69, 9.17) is 9.47 Å².